The Kier molecular flexibility index (Phi) is 4.58. The molecule has 0 saturated heterocycles. The van der Waals surface area contributed by atoms with Crippen molar-refractivity contribution in [3.63, 3.8) is 0 Å². The lowest BCUT2D eigenvalue weighted by atomic mass is 10.1. The van der Waals surface area contributed by atoms with Gasteiger partial charge in [0.05, 0.1) is 6.61 Å². The highest BCUT2D eigenvalue weighted by Crippen LogP contribution is 2.27. The summed E-state index contributed by atoms with van der Waals surface area (Å²) in [4.78, 5) is 11.0. The summed E-state index contributed by atoms with van der Waals surface area (Å²) in [6.07, 6.45) is 1.03. The number of alkyl halides is 1. The molecule has 0 spiro atoms. The van der Waals surface area contributed by atoms with Gasteiger partial charge in [-0.15, -0.1) is 0 Å². The van der Waals surface area contributed by atoms with Crippen molar-refractivity contribution in [2.24, 2.45) is 0 Å². The summed E-state index contributed by atoms with van der Waals surface area (Å²) in [5.41, 5.74) is 0. The number of carbonyl (C=O) groups is 1. The van der Waals surface area contributed by atoms with E-state index in [4.69, 9.17) is 4.74 Å². The predicted octanol–water partition coefficient (Wildman–Crippen LogP) is 1.14. The molecule has 0 radical (unpaired) electrons. The van der Waals surface area contributed by atoms with Crippen LogP contribution in [0.3, 0.4) is 0 Å². The van der Waals surface area contributed by atoms with Crippen molar-refractivity contribution >= 4 is 31.7 Å². The largest absolute Gasteiger partial charge is 0.465 e. The Labute approximate surface area is 93.1 Å². The van der Waals surface area contributed by atoms with Crippen LogP contribution in [0.1, 0.15) is 20.8 Å². The minimum Gasteiger partial charge on any atom is -0.465 e. The molecular formula is C8H15BrO4S. The Bertz CT molecular complexity index is 309. The van der Waals surface area contributed by atoms with Crippen molar-refractivity contribution in [1.29, 1.82) is 0 Å². The first-order valence-corrected chi connectivity index (χ1v) is 6.99. The molecule has 84 valence electrons. The smallest absolute Gasteiger partial charge is 0.328 e. The summed E-state index contributed by atoms with van der Waals surface area (Å²) < 4.78 is 26.2. The second kappa shape index (κ2) is 4.61. The number of carbonyl (C=O) groups excluding carboxylic acids is 1. The van der Waals surface area contributed by atoms with Gasteiger partial charge in [-0.1, -0.05) is 22.9 Å². The van der Waals surface area contributed by atoms with E-state index in [2.05, 4.69) is 15.9 Å². The maximum Gasteiger partial charge on any atom is 0.328 e. The summed E-state index contributed by atoms with van der Waals surface area (Å²) in [6.45, 7) is 4.78. The molecule has 2 atom stereocenters. The first-order chi connectivity index (χ1) is 6.17. The first-order valence-electron chi connectivity index (χ1n) is 4.18. The summed E-state index contributed by atoms with van der Waals surface area (Å²) >= 11 is 3.12. The first kappa shape index (κ1) is 13.9. The van der Waals surface area contributed by atoms with E-state index < -0.39 is 25.4 Å². The van der Waals surface area contributed by atoms with Crippen molar-refractivity contribution in [3.8, 4) is 0 Å². The number of hydrogen-bond acceptors (Lipinski definition) is 4. The van der Waals surface area contributed by atoms with E-state index in [1.54, 1.807) is 13.8 Å². The molecule has 0 N–H and O–H groups in total. The Morgan fingerprint density at radius 3 is 2.21 bits per heavy atom. The normalized spacial score (nSPS) is 18.4. The van der Waals surface area contributed by atoms with Crippen LogP contribution < -0.4 is 0 Å². The van der Waals surface area contributed by atoms with Crippen molar-refractivity contribution in [2.45, 2.75) is 30.3 Å². The van der Waals surface area contributed by atoms with Crippen LogP contribution in [0.25, 0.3) is 0 Å². The minimum atomic E-state index is -3.51. The minimum absolute atomic E-state index is 0.170. The average Bonchev–Trinajstić information content (AvgIpc) is 2.00. The van der Waals surface area contributed by atoms with E-state index in [1.807, 2.05) is 0 Å². The molecule has 0 bridgehead atoms. The van der Waals surface area contributed by atoms with Crippen molar-refractivity contribution in [1.82, 2.24) is 0 Å². The van der Waals surface area contributed by atoms with Crippen molar-refractivity contribution in [3.05, 3.63) is 0 Å². The lowest BCUT2D eigenvalue weighted by Crippen LogP contribution is -2.50. The number of rotatable bonds is 4. The molecule has 4 nitrogen and oxygen atoms in total. The van der Waals surface area contributed by atoms with Gasteiger partial charge < -0.3 is 4.74 Å². The van der Waals surface area contributed by atoms with Crippen LogP contribution in [0.5, 0.6) is 0 Å². The number of esters is 1. The number of halogens is 1. The summed E-state index contributed by atoms with van der Waals surface area (Å²) in [7, 11) is -3.51. The Morgan fingerprint density at radius 1 is 1.57 bits per heavy atom. The van der Waals surface area contributed by atoms with Gasteiger partial charge in [0.1, 0.15) is 0 Å². The van der Waals surface area contributed by atoms with Crippen LogP contribution >= 0.6 is 15.9 Å². The van der Waals surface area contributed by atoms with Gasteiger partial charge in [0.25, 0.3) is 0 Å². The molecule has 14 heavy (non-hydrogen) atoms. The molecule has 0 amide bonds. The fourth-order valence-electron chi connectivity index (χ4n) is 0.883. The van der Waals surface area contributed by atoms with Crippen LogP contribution in [-0.4, -0.2) is 36.8 Å². The predicted molar refractivity (Wildman–Crippen MR) is 58.3 cm³/mol. The maximum absolute atomic E-state index is 11.5. The van der Waals surface area contributed by atoms with Crippen LogP contribution in [0.2, 0.25) is 0 Å². The van der Waals surface area contributed by atoms with Crippen LogP contribution in [0.4, 0.5) is 0 Å². The zero-order valence-electron chi connectivity index (χ0n) is 8.70. The second-order valence-electron chi connectivity index (χ2n) is 3.22. The number of hydrogen-bond donors (Lipinski definition) is 0. The summed E-state index contributed by atoms with van der Waals surface area (Å²) in [5.74, 6) is -0.716. The lowest BCUT2D eigenvalue weighted by molar-refractivity contribution is -0.145. The van der Waals surface area contributed by atoms with Crippen LogP contribution in [0.15, 0.2) is 0 Å². The average molecular weight is 287 g/mol. The third kappa shape index (κ3) is 2.48. The van der Waals surface area contributed by atoms with Gasteiger partial charge in [-0.2, -0.15) is 0 Å². The lowest BCUT2D eigenvalue weighted by Gasteiger charge is -2.27. The molecule has 0 aliphatic carbocycles. The van der Waals surface area contributed by atoms with Gasteiger partial charge >= 0.3 is 5.97 Å². The van der Waals surface area contributed by atoms with Gasteiger partial charge in [-0.25, -0.2) is 8.42 Å². The molecule has 0 aromatic rings. The van der Waals surface area contributed by atoms with E-state index >= 15 is 0 Å². The third-order valence-corrected chi connectivity index (χ3v) is 5.49. The van der Waals surface area contributed by atoms with Gasteiger partial charge in [0.15, 0.2) is 14.6 Å². The molecule has 0 aliphatic heterocycles. The summed E-state index contributed by atoms with van der Waals surface area (Å²) in [5, 5.41) is 0. The molecule has 0 aromatic heterocycles. The second-order valence-corrected chi connectivity index (χ2v) is 6.98. The highest BCUT2D eigenvalue weighted by Gasteiger charge is 2.48. The Hall–Kier alpha value is -0.100. The van der Waals surface area contributed by atoms with E-state index in [9.17, 15) is 13.2 Å². The van der Waals surface area contributed by atoms with E-state index in [0.717, 1.165) is 6.26 Å². The number of sulfone groups is 1. The zero-order valence-corrected chi connectivity index (χ0v) is 11.1. The topological polar surface area (TPSA) is 60.4 Å². The monoisotopic (exact) mass is 286 g/mol. The van der Waals surface area contributed by atoms with Crippen molar-refractivity contribution < 1.29 is 17.9 Å². The standard InChI is InChI=1S/C8H15BrO4S/c1-5-13-7(10)8(3,6(2)9)14(4,11)12/h6H,5H2,1-4H3. The molecule has 0 aromatic carbocycles. The highest BCUT2D eigenvalue weighted by molar-refractivity contribution is 9.09. The van der Waals surface area contributed by atoms with Crippen LogP contribution in [0, 0.1) is 0 Å². The van der Waals surface area contributed by atoms with Gasteiger partial charge in [0.2, 0.25) is 0 Å². The van der Waals surface area contributed by atoms with E-state index in [1.165, 1.54) is 6.92 Å². The van der Waals surface area contributed by atoms with Gasteiger partial charge in [-0.05, 0) is 13.8 Å². The van der Waals surface area contributed by atoms with E-state index in [0.29, 0.717) is 0 Å². The molecule has 0 fully saturated rings. The van der Waals surface area contributed by atoms with Crippen LogP contribution in [-0.2, 0) is 19.4 Å². The van der Waals surface area contributed by atoms with E-state index in [-0.39, 0.29) is 6.61 Å². The van der Waals surface area contributed by atoms with Gasteiger partial charge in [0, 0.05) is 11.1 Å². The maximum atomic E-state index is 11.5. The zero-order chi connectivity index (χ0) is 11.6. The highest BCUT2D eigenvalue weighted by atomic mass is 79.9. The molecule has 2 unspecified atom stereocenters. The fraction of sp³-hybridized carbons (Fsp3) is 0.875. The molecule has 0 saturated carbocycles. The summed E-state index contributed by atoms with van der Waals surface area (Å²) in [6, 6.07) is 0. The molecule has 0 rings (SSSR count). The quantitative estimate of drug-likeness (QED) is 0.574. The van der Waals surface area contributed by atoms with Gasteiger partial charge in [-0.3, -0.25) is 4.79 Å². The fourth-order valence-corrected chi connectivity index (χ4v) is 3.04. The SMILES string of the molecule is CCOC(=O)C(C)(C(C)Br)S(C)(=O)=O. The Balaban J connectivity index is 5.23. The molecule has 6 heteroatoms. The number of ether oxygens (including phenoxy) is 1. The molecule has 0 aliphatic rings. The third-order valence-electron chi connectivity index (χ3n) is 2.21. The van der Waals surface area contributed by atoms with Crippen molar-refractivity contribution in [2.75, 3.05) is 12.9 Å². The Morgan fingerprint density at radius 2 is 2.00 bits per heavy atom. The molecule has 0 heterocycles. The molecular weight excluding hydrogens is 272 g/mol.